The van der Waals surface area contributed by atoms with E-state index < -0.39 is 0 Å². The van der Waals surface area contributed by atoms with Crippen LogP contribution in [0.2, 0.25) is 5.02 Å². The molecule has 2 fully saturated rings. The second-order valence-corrected chi connectivity index (χ2v) is 7.37. The van der Waals surface area contributed by atoms with Crippen LogP contribution in [0.5, 0.6) is 0 Å². The highest BCUT2D eigenvalue weighted by Gasteiger charge is 2.29. The summed E-state index contributed by atoms with van der Waals surface area (Å²) in [6, 6.07) is 6.98. The largest absolute Gasteiger partial charge is 0.378 e. The van der Waals surface area contributed by atoms with Gasteiger partial charge in [-0.25, -0.2) is 9.59 Å². The van der Waals surface area contributed by atoms with Crippen LogP contribution >= 0.6 is 11.6 Å². The summed E-state index contributed by atoms with van der Waals surface area (Å²) in [4.78, 5) is 26.6. The van der Waals surface area contributed by atoms with Crippen molar-refractivity contribution < 1.29 is 14.3 Å². The number of nitrogens with zero attached hydrogens (tertiary/aromatic N) is 1. The fourth-order valence-electron chi connectivity index (χ4n) is 3.53. The number of benzene rings is 1. The van der Waals surface area contributed by atoms with E-state index in [2.05, 4.69) is 16.0 Å². The molecule has 1 heterocycles. The molecule has 7 nitrogen and oxygen atoms in total. The number of morpholine rings is 1. The van der Waals surface area contributed by atoms with Gasteiger partial charge in [0.25, 0.3) is 0 Å². The Bertz CT molecular complexity index is 652. The minimum absolute atomic E-state index is 0.0554. The number of hydrogen-bond acceptors (Lipinski definition) is 3. The molecule has 3 rings (SSSR count). The molecule has 4 amide bonds. The fraction of sp³-hybridized carbons (Fsp3) is 0.579. The zero-order chi connectivity index (χ0) is 19.1. The van der Waals surface area contributed by atoms with E-state index in [1.54, 1.807) is 11.0 Å². The van der Waals surface area contributed by atoms with Crippen LogP contribution in [0, 0.1) is 0 Å². The Labute approximate surface area is 164 Å². The first-order chi connectivity index (χ1) is 13.1. The maximum absolute atomic E-state index is 12.5. The molecule has 1 aromatic rings. The number of halogens is 1. The van der Waals surface area contributed by atoms with Crippen molar-refractivity contribution in [3.05, 3.63) is 34.9 Å². The number of carbonyl (C=O) groups is 2. The highest BCUT2D eigenvalue weighted by molar-refractivity contribution is 6.31. The minimum Gasteiger partial charge on any atom is -0.378 e. The van der Waals surface area contributed by atoms with Gasteiger partial charge >= 0.3 is 12.1 Å². The van der Waals surface area contributed by atoms with Crippen molar-refractivity contribution in [3.63, 3.8) is 0 Å². The van der Waals surface area contributed by atoms with E-state index in [0.717, 1.165) is 31.2 Å². The van der Waals surface area contributed by atoms with E-state index in [1.807, 2.05) is 18.2 Å². The number of urea groups is 2. The van der Waals surface area contributed by atoms with Gasteiger partial charge in [0.15, 0.2) is 0 Å². The monoisotopic (exact) mass is 394 g/mol. The Hall–Kier alpha value is -1.99. The highest BCUT2D eigenvalue weighted by atomic mass is 35.5. The lowest BCUT2D eigenvalue weighted by Crippen LogP contribution is -2.58. The van der Waals surface area contributed by atoms with Crippen LogP contribution in [0.4, 0.5) is 9.59 Å². The zero-order valence-electron chi connectivity index (χ0n) is 15.4. The number of amides is 4. The van der Waals surface area contributed by atoms with E-state index in [4.69, 9.17) is 16.3 Å². The first-order valence-electron chi connectivity index (χ1n) is 9.54. The quantitative estimate of drug-likeness (QED) is 0.733. The fourth-order valence-corrected chi connectivity index (χ4v) is 3.73. The molecule has 2 atom stereocenters. The third kappa shape index (κ3) is 5.74. The van der Waals surface area contributed by atoms with Crippen LogP contribution in [0.15, 0.2) is 24.3 Å². The third-order valence-corrected chi connectivity index (χ3v) is 5.46. The van der Waals surface area contributed by atoms with Gasteiger partial charge in [-0.2, -0.15) is 0 Å². The second kappa shape index (κ2) is 9.80. The number of rotatable bonds is 4. The molecule has 1 aliphatic carbocycles. The van der Waals surface area contributed by atoms with E-state index in [-0.39, 0.29) is 24.1 Å². The molecule has 2 unspecified atom stereocenters. The molecule has 0 spiro atoms. The summed E-state index contributed by atoms with van der Waals surface area (Å²) in [5, 5.41) is 9.59. The normalized spacial score (nSPS) is 22.8. The van der Waals surface area contributed by atoms with Crippen molar-refractivity contribution in [1.29, 1.82) is 0 Å². The van der Waals surface area contributed by atoms with Gasteiger partial charge in [-0.3, -0.25) is 0 Å². The first kappa shape index (κ1) is 19.8. The Morgan fingerprint density at radius 2 is 1.74 bits per heavy atom. The van der Waals surface area contributed by atoms with Crippen molar-refractivity contribution >= 4 is 23.7 Å². The Morgan fingerprint density at radius 3 is 2.44 bits per heavy atom. The molecule has 3 N–H and O–H groups in total. The van der Waals surface area contributed by atoms with Crippen molar-refractivity contribution in [2.75, 3.05) is 26.3 Å². The maximum Gasteiger partial charge on any atom is 0.317 e. The molecular formula is C19H27ClN4O3. The molecule has 148 valence electrons. The molecule has 0 bridgehead atoms. The van der Waals surface area contributed by atoms with Crippen molar-refractivity contribution in [1.82, 2.24) is 20.9 Å². The third-order valence-electron chi connectivity index (χ3n) is 5.09. The topological polar surface area (TPSA) is 82.7 Å². The smallest absolute Gasteiger partial charge is 0.317 e. The van der Waals surface area contributed by atoms with Gasteiger partial charge in [0, 0.05) is 24.7 Å². The molecule has 1 aliphatic heterocycles. The van der Waals surface area contributed by atoms with Gasteiger partial charge in [-0.15, -0.1) is 0 Å². The van der Waals surface area contributed by atoms with Gasteiger partial charge in [0.1, 0.15) is 0 Å². The summed E-state index contributed by atoms with van der Waals surface area (Å²) < 4.78 is 5.29. The lowest BCUT2D eigenvalue weighted by atomic mass is 9.90. The molecular weight excluding hydrogens is 368 g/mol. The van der Waals surface area contributed by atoms with Gasteiger partial charge in [0.05, 0.1) is 25.3 Å². The molecule has 27 heavy (non-hydrogen) atoms. The predicted octanol–water partition coefficient (Wildman–Crippen LogP) is 2.49. The molecule has 1 saturated heterocycles. The number of nitrogens with one attached hydrogen (secondary N) is 3. The van der Waals surface area contributed by atoms with Crippen molar-refractivity contribution in [2.45, 2.75) is 44.3 Å². The standard InChI is InChI=1S/C19H27ClN4O3/c20-15-6-2-1-5-14(15)13-21-18(25)22-16-7-3-4-8-17(16)23-19(26)24-9-11-27-12-10-24/h1-2,5-6,16-17H,3-4,7-13H2,(H,23,26)(H2,21,22,25). The van der Waals surface area contributed by atoms with Crippen molar-refractivity contribution in [3.8, 4) is 0 Å². The second-order valence-electron chi connectivity index (χ2n) is 6.96. The summed E-state index contributed by atoms with van der Waals surface area (Å²) in [6.45, 7) is 2.72. The first-order valence-corrected chi connectivity index (χ1v) is 9.92. The summed E-state index contributed by atoms with van der Waals surface area (Å²) in [5.74, 6) is 0. The lowest BCUT2D eigenvalue weighted by Gasteiger charge is -2.35. The minimum atomic E-state index is -0.243. The Kier molecular flexibility index (Phi) is 7.18. The van der Waals surface area contributed by atoms with Crippen LogP contribution in [0.1, 0.15) is 31.2 Å². The predicted molar refractivity (Wildman–Crippen MR) is 104 cm³/mol. The van der Waals surface area contributed by atoms with E-state index in [1.165, 1.54) is 0 Å². The van der Waals surface area contributed by atoms with Gasteiger partial charge in [-0.05, 0) is 24.5 Å². The molecule has 2 aliphatic rings. The molecule has 0 aromatic heterocycles. The van der Waals surface area contributed by atoms with Crippen LogP contribution in [0.3, 0.4) is 0 Å². The van der Waals surface area contributed by atoms with E-state index in [9.17, 15) is 9.59 Å². The summed E-state index contributed by atoms with van der Waals surface area (Å²) in [7, 11) is 0. The Balaban J connectivity index is 1.49. The van der Waals surface area contributed by atoms with Crippen LogP contribution in [0.25, 0.3) is 0 Å². The van der Waals surface area contributed by atoms with Crippen LogP contribution < -0.4 is 16.0 Å². The lowest BCUT2D eigenvalue weighted by molar-refractivity contribution is 0.0517. The number of ether oxygens (including phenoxy) is 1. The number of carbonyl (C=O) groups excluding carboxylic acids is 2. The molecule has 1 aromatic carbocycles. The summed E-state index contributed by atoms with van der Waals surface area (Å²) >= 11 is 6.12. The SMILES string of the molecule is O=C(NCc1ccccc1Cl)NC1CCCCC1NC(=O)N1CCOCC1. The average molecular weight is 395 g/mol. The highest BCUT2D eigenvalue weighted by Crippen LogP contribution is 2.19. The molecule has 0 radical (unpaired) electrons. The van der Waals surface area contributed by atoms with Crippen molar-refractivity contribution in [2.24, 2.45) is 0 Å². The Morgan fingerprint density at radius 1 is 1.07 bits per heavy atom. The maximum atomic E-state index is 12.5. The van der Waals surface area contributed by atoms with Gasteiger partial charge < -0.3 is 25.6 Å². The molecule has 8 heteroatoms. The average Bonchev–Trinajstić information content (AvgIpc) is 2.69. The van der Waals surface area contributed by atoms with E-state index in [0.29, 0.717) is 37.9 Å². The van der Waals surface area contributed by atoms with Gasteiger partial charge in [-0.1, -0.05) is 42.6 Å². The summed E-state index contributed by atoms with van der Waals surface area (Å²) in [5.41, 5.74) is 0.870. The zero-order valence-corrected chi connectivity index (χ0v) is 16.1. The van der Waals surface area contributed by atoms with Crippen LogP contribution in [-0.4, -0.2) is 55.3 Å². The number of hydrogen-bond donors (Lipinski definition) is 3. The van der Waals surface area contributed by atoms with Crippen LogP contribution in [-0.2, 0) is 11.3 Å². The summed E-state index contributed by atoms with van der Waals surface area (Å²) in [6.07, 6.45) is 3.81. The van der Waals surface area contributed by atoms with Gasteiger partial charge in [0.2, 0.25) is 0 Å². The van der Waals surface area contributed by atoms with E-state index >= 15 is 0 Å². The molecule has 1 saturated carbocycles.